The quantitative estimate of drug-likeness (QED) is 0.646. The Bertz CT molecular complexity index is 554. The number of thioether (sulfide) groups is 1. The molecule has 7 heteroatoms. The summed E-state index contributed by atoms with van der Waals surface area (Å²) in [6.45, 7) is 5.77. The molecule has 0 fully saturated rings. The molecule has 0 aliphatic carbocycles. The average Bonchev–Trinajstić information content (AvgIpc) is 2.52. The van der Waals surface area contributed by atoms with E-state index < -0.39 is 22.9 Å². The number of carboxylic acid groups (broad SMARTS) is 1. The van der Waals surface area contributed by atoms with Crippen LogP contribution in [0, 0.1) is 0 Å². The third kappa shape index (κ3) is 9.24. The van der Waals surface area contributed by atoms with Crippen molar-refractivity contribution in [1.82, 2.24) is 5.32 Å². The van der Waals surface area contributed by atoms with E-state index >= 15 is 0 Å². The number of rotatable bonds is 9. The molecule has 2 N–H and O–H groups in total. The highest BCUT2D eigenvalue weighted by atomic mass is 32.2. The monoisotopic (exact) mass is 369 g/mol. The number of amides is 1. The number of methoxy groups -OCH3 is 1. The number of benzene rings is 1. The van der Waals surface area contributed by atoms with Crippen molar-refractivity contribution in [2.24, 2.45) is 0 Å². The Morgan fingerprint density at radius 1 is 1.24 bits per heavy atom. The van der Waals surface area contributed by atoms with Crippen LogP contribution in [0.4, 0.5) is 4.79 Å². The van der Waals surface area contributed by atoms with Gasteiger partial charge in [0.05, 0.1) is 7.11 Å². The van der Waals surface area contributed by atoms with Gasteiger partial charge < -0.3 is 19.9 Å². The van der Waals surface area contributed by atoms with Gasteiger partial charge in [-0.25, -0.2) is 4.79 Å². The lowest BCUT2D eigenvalue weighted by atomic mass is 10.2. The van der Waals surface area contributed by atoms with E-state index in [9.17, 15) is 14.7 Å². The zero-order chi connectivity index (χ0) is 18.9. The molecule has 6 nitrogen and oxygen atoms in total. The van der Waals surface area contributed by atoms with Gasteiger partial charge in [0.25, 0.3) is 0 Å². The number of carboxylic acids is 1. The lowest BCUT2D eigenvalue weighted by Crippen LogP contribution is -2.33. The Kier molecular flexibility index (Phi) is 8.61. The summed E-state index contributed by atoms with van der Waals surface area (Å²) in [6, 6.07) is 7.57. The molecule has 1 unspecified atom stereocenters. The van der Waals surface area contributed by atoms with Crippen molar-refractivity contribution in [2.75, 3.05) is 13.7 Å². The summed E-state index contributed by atoms with van der Waals surface area (Å²) in [5.41, 5.74) is 0.506. The van der Waals surface area contributed by atoms with Crippen LogP contribution in [-0.4, -0.2) is 41.7 Å². The number of ether oxygens (including phenoxy) is 2. The third-order valence-corrected chi connectivity index (χ3v) is 4.54. The zero-order valence-electron chi connectivity index (χ0n) is 15.2. The summed E-state index contributed by atoms with van der Waals surface area (Å²) < 4.78 is 10.2. The van der Waals surface area contributed by atoms with E-state index in [1.54, 1.807) is 27.9 Å². The van der Waals surface area contributed by atoms with Crippen molar-refractivity contribution in [3.8, 4) is 5.75 Å². The molecule has 25 heavy (non-hydrogen) atoms. The molecule has 0 bridgehead atoms. The molecule has 0 radical (unpaired) electrons. The van der Waals surface area contributed by atoms with E-state index in [2.05, 4.69) is 5.32 Å². The Hall–Kier alpha value is -1.89. The molecular weight excluding hydrogens is 342 g/mol. The molecule has 1 aromatic carbocycles. The van der Waals surface area contributed by atoms with Gasteiger partial charge in [0.1, 0.15) is 16.6 Å². The van der Waals surface area contributed by atoms with Gasteiger partial charge in [-0.2, -0.15) is 0 Å². The maximum atomic E-state index is 11.5. The predicted molar refractivity (Wildman–Crippen MR) is 99.2 cm³/mol. The van der Waals surface area contributed by atoms with Gasteiger partial charge in [0, 0.05) is 12.3 Å². The summed E-state index contributed by atoms with van der Waals surface area (Å²) in [4.78, 5) is 22.9. The van der Waals surface area contributed by atoms with E-state index in [1.165, 1.54) is 11.8 Å². The number of alkyl carbamates (subject to hydrolysis) is 1. The summed E-state index contributed by atoms with van der Waals surface area (Å²) in [7, 11) is 1.61. The van der Waals surface area contributed by atoms with Crippen LogP contribution < -0.4 is 10.1 Å². The molecule has 0 spiro atoms. The van der Waals surface area contributed by atoms with Gasteiger partial charge in [0.15, 0.2) is 0 Å². The SMILES string of the molecule is COc1ccc(CSC(CCCNC(=O)OC(C)(C)C)C(=O)O)cc1. The number of aliphatic carboxylic acids is 1. The first-order valence-corrected chi connectivity index (χ1v) is 9.20. The van der Waals surface area contributed by atoms with Gasteiger partial charge in [0.2, 0.25) is 0 Å². The molecule has 0 aliphatic heterocycles. The van der Waals surface area contributed by atoms with E-state index in [-0.39, 0.29) is 0 Å². The molecule has 1 atom stereocenters. The first kappa shape index (κ1) is 21.2. The van der Waals surface area contributed by atoms with E-state index in [0.29, 0.717) is 25.1 Å². The molecule has 0 saturated carbocycles. The van der Waals surface area contributed by atoms with Gasteiger partial charge in [-0.1, -0.05) is 12.1 Å². The highest BCUT2D eigenvalue weighted by Crippen LogP contribution is 2.23. The standard InChI is InChI=1S/C18H27NO5S/c1-18(2,3)24-17(22)19-11-5-6-15(16(20)21)25-12-13-7-9-14(23-4)10-8-13/h7-10,15H,5-6,11-12H2,1-4H3,(H,19,22)(H,20,21). The largest absolute Gasteiger partial charge is 0.497 e. The highest BCUT2D eigenvalue weighted by molar-refractivity contribution is 7.99. The summed E-state index contributed by atoms with van der Waals surface area (Å²) >= 11 is 1.38. The van der Waals surface area contributed by atoms with Crippen molar-refractivity contribution in [3.05, 3.63) is 29.8 Å². The molecule has 0 aliphatic rings. The molecule has 1 aromatic rings. The van der Waals surface area contributed by atoms with Crippen LogP contribution in [0.5, 0.6) is 5.75 Å². The van der Waals surface area contributed by atoms with Crippen molar-refractivity contribution < 1.29 is 24.2 Å². The van der Waals surface area contributed by atoms with Crippen LogP contribution in [-0.2, 0) is 15.3 Å². The number of carbonyl (C=O) groups excluding carboxylic acids is 1. The van der Waals surface area contributed by atoms with Crippen LogP contribution in [0.15, 0.2) is 24.3 Å². The van der Waals surface area contributed by atoms with E-state index in [1.807, 2.05) is 24.3 Å². The molecule has 0 heterocycles. The Morgan fingerprint density at radius 2 is 1.88 bits per heavy atom. The number of nitrogens with one attached hydrogen (secondary N) is 1. The maximum absolute atomic E-state index is 11.5. The van der Waals surface area contributed by atoms with Gasteiger partial charge in [-0.05, 0) is 51.3 Å². The van der Waals surface area contributed by atoms with Crippen LogP contribution in [0.2, 0.25) is 0 Å². The second kappa shape index (κ2) is 10.2. The van der Waals surface area contributed by atoms with Crippen molar-refractivity contribution in [1.29, 1.82) is 0 Å². The minimum absolute atomic E-state index is 0.391. The van der Waals surface area contributed by atoms with Crippen LogP contribution >= 0.6 is 11.8 Å². The number of hydrogen-bond acceptors (Lipinski definition) is 5. The Morgan fingerprint density at radius 3 is 2.40 bits per heavy atom. The fraction of sp³-hybridized carbons (Fsp3) is 0.556. The minimum atomic E-state index is -0.837. The minimum Gasteiger partial charge on any atom is -0.497 e. The fourth-order valence-electron chi connectivity index (χ4n) is 1.99. The van der Waals surface area contributed by atoms with Crippen molar-refractivity contribution in [3.63, 3.8) is 0 Å². The van der Waals surface area contributed by atoms with Crippen molar-refractivity contribution >= 4 is 23.8 Å². The number of hydrogen-bond donors (Lipinski definition) is 2. The molecule has 1 rings (SSSR count). The van der Waals surface area contributed by atoms with Gasteiger partial charge in [-0.15, -0.1) is 11.8 Å². The lowest BCUT2D eigenvalue weighted by Gasteiger charge is -2.19. The molecule has 140 valence electrons. The van der Waals surface area contributed by atoms with Crippen molar-refractivity contribution in [2.45, 2.75) is 50.2 Å². The fourth-order valence-corrected chi connectivity index (χ4v) is 3.05. The molecule has 0 saturated heterocycles. The first-order chi connectivity index (χ1) is 11.7. The highest BCUT2D eigenvalue weighted by Gasteiger charge is 2.19. The maximum Gasteiger partial charge on any atom is 0.407 e. The summed E-state index contributed by atoms with van der Waals surface area (Å²) in [6.07, 6.45) is 0.572. The Labute approximate surface area is 153 Å². The Balaban J connectivity index is 2.34. The average molecular weight is 369 g/mol. The first-order valence-electron chi connectivity index (χ1n) is 8.15. The normalized spacial score (nSPS) is 12.3. The third-order valence-electron chi connectivity index (χ3n) is 3.20. The van der Waals surface area contributed by atoms with Crippen LogP contribution in [0.3, 0.4) is 0 Å². The summed E-state index contributed by atoms with van der Waals surface area (Å²) in [5.74, 6) is 0.549. The topological polar surface area (TPSA) is 84.9 Å². The zero-order valence-corrected chi connectivity index (χ0v) is 16.0. The molecular formula is C18H27NO5S. The van der Waals surface area contributed by atoms with Crippen LogP contribution in [0.25, 0.3) is 0 Å². The summed E-state index contributed by atoms with van der Waals surface area (Å²) in [5, 5.41) is 11.5. The van der Waals surface area contributed by atoms with E-state index in [0.717, 1.165) is 11.3 Å². The molecule has 0 aromatic heterocycles. The van der Waals surface area contributed by atoms with E-state index in [4.69, 9.17) is 9.47 Å². The van der Waals surface area contributed by atoms with Gasteiger partial charge >= 0.3 is 12.1 Å². The number of carbonyl (C=O) groups is 2. The smallest absolute Gasteiger partial charge is 0.407 e. The van der Waals surface area contributed by atoms with Gasteiger partial charge in [-0.3, -0.25) is 4.79 Å². The second-order valence-corrected chi connectivity index (χ2v) is 7.75. The predicted octanol–water partition coefficient (Wildman–Crippen LogP) is 3.69. The second-order valence-electron chi connectivity index (χ2n) is 6.56. The lowest BCUT2D eigenvalue weighted by molar-refractivity contribution is -0.136. The molecule has 1 amide bonds. The van der Waals surface area contributed by atoms with Crippen LogP contribution in [0.1, 0.15) is 39.2 Å².